The van der Waals surface area contributed by atoms with Gasteiger partial charge in [0, 0.05) is 42.4 Å². The predicted molar refractivity (Wildman–Crippen MR) is 132 cm³/mol. The van der Waals surface area contributed by atoms with Gasteiger partial charge >= 0.3 is 0 Å². The molecular formula is C27H26BrN3O. The number of benzene rings is 3. The van der Waals surface area contributed by atoms with Crippen LogP contribution in [0.1, 0.15) is 36.4 Å². The summed E-state index contributed by atoms with van der Waals surface area (Å²) in [4.78, 5) is 2.38. The molecule has 3 heterocycles. The topological polar surface area (TPSA) is 28.1 Å². The van der Waals surface area contributed by atoms with E-state index in [1.807, 2.05) is 0 Å². The zero-order valence-electron chi connectivity index (χ0n) is 18.2. The minimum Gasteiger partial charge on any atom is -0.466 e. The average Bonchev–Trinajstić information content (AvgIpc) is 3.29. The first kappa shape index (κ1) is 20.0. The van der Waals surface area contributed by atoms with Crippen molar-refractivity contribution in [1.82, 2.24) is 9.91 Å². The second kappa shape index (κ2) is 7.75. The summed E-state index contributed by atoms with van der Waals surface area (Å²) in [5.41, 5.74) is 5.67. The van der Waals surface area contributed by atoms with Gasteiger partial charge in [0.2, 0.25) is 5.72 Å². The molecular weight excluding hydrogens is 462 g/mol. The number of halogens is 1. The van der Waals surface area contributed by atoms with E-state index in [1.165, 1.54) is 22.3 Å². The Kier molecular flexibility index (Phi) is 4.85. The Hall–Kier alpha value is -2.63. The summed E-state index contributed by atoms with van der Waals surface area (Å²) in [5, 5.41) is 7.49. The molecule has 0 bridgehead atoms. The Morgan fingerprint density at radius 3 is 2.34 bits per heavy atom. The molecule has 1 unspecified atom stereocenters. The van der Waals surface area contributed by atoms with Gasteiger partial charge in [0.15, 0.2) is 0 Å². The summed E-state index contributed by atoms with van der Waals surface area (Å²) >= 11 is 3.65. The molecule has 32 heavy (non-hydrogen) atoms. The molecule has 0 aliphatic carbocycles. The maximum atomic E-state index is 6.71. The van der Waals surface area contributed by atoms with Crippen molar-refractivity contribution in [1.29, 1.82) is 0 Å². The summed E-state index contributed by atoms with van der Waals surface area (Å²) in [5.74, 6) is 1.01. The van der Waals surface area contributed by atoms with Crippen LogP contribution in [0.2, 0.25) is 0 Å². The number of likely N-dealkylation sites (tertiary alicyclic amines) is 1. The lowest BCUT2D eigenvalue weighted by Crippen LogP contribution is -2.58. The Bertz CT molecular complexity index is 1170. The monoisotopic (exact) mass is 487 g/mol. The molecule has 1 spiro atoms. The summed E-state index contributed by atoms with van der Waals surface area (Å²) in [6, 6.07) is 26.0. The summed E-state index contributed by atoms with van der Waals surface area (Å²) in [6.07, 6.45) is 2.81. The van der Waals surface area contributed by atoms with Crippen LogP contribution in [-0.2, 0) is 0 Å². The summed E-state index contributed by atoms with van der Waals surface area (Å²) in [6.45, 7) is 2.04. The van der Waals surface area contributed by atoms with E-state index in [0.717, 1.165) is 48.3 Å². The van der Waals surface area contributed by atoms with Crippen LogP contribution in [0.3, 0.4) is 0 Å². The van der Waals surface area contributed by atoms with Crippen LogP contribution in [0.25, 0.3) is 11.1 Å². The zero-order valence-corrected chi connectivity index (χ0v) is 19.8. The molecule has 4 nitrogen and oxygen atoms in total. The first-order valence-electron chi connectivity index (χ1n) is 11.3. The van der Waals surface area contributed by atoms with E-state index in [4.69, 9.17) is 9.84 Å². The molecule has 3 aromatic rings. The number of rotatable bonds is 2. The fourth-order valence-electron chi connectivity index (χ4n) is 5.21. The number of nitrogens with zero attached hydrogens (tertiary/aromatic N) is 3. The smallest absolute Gasteiger partial charge is 0.200 e. The van der Waals surface area contributed by atoms with Crippen molar-refractivity contribution in [2.45, 2.75) is 31.0 Å². The quantitative estimate of drug-likeness (QED) is 0.438. The lowest BCUT2D eigenvalue weighted by atomic mass is 9.90. The fraction of sp³-hybridized carbons (Fsp3) is 0.296. The van der Waals surface area contributed by atoms with Gasteiger partial charge < -0.3 is 9.64 Å². The third kappa shape index (κ3) is 3.35. The Morgan fingerprint density at radius 1 is 0.906 bits per heavy atom. The maximum Gasteiger partial charge on any atom is 0.200 e. The van der Waals surface area contributed by atoms with Crippen molar-refractivity contribution in [3.05, 3.63) is 88.4 Å². The molecule has 0 amide bonds. The van der Waals surface area contributed by atoms with Gasteiger partial charge in [0.25, 0.3) is 0 Å². The van der Waals surface area contributed by atoms with E-state index in [9.17, 15) is 0 Å². The van der Waals surface area contributed by atoms with Crippen LogP contribution in [0.5, 0.6) is 5.75 Å². The lowest BCUT2D eigenvalue weighted by Gasteiger charge is -2.50. The van der Waals surface area contributed by atoms with E-state index in [2.05, 4.69) is 106 Å². The largest absolute Gasteiger partial charge is 0.466 e. The average molecular weight is 488 g/mol. The Balaban J connectivity index is 1.36. The van der Waals surface area contributed by atoms with Crippen LogP contribution in [-0.4, -0.2) is 41.5 Å². The number of hydrogen-bond donors (Lipinski definition) is 0. The second-order valence-corrected chi connectivity index (χ2v) is 10.0. The van der Waals surface area contributed by atoms with Crippen molar-refractivity contribution in [2.24, 2.45) is 5.10 Å². The third-order valence-electron chi connectivity index (χ3n) is 7.05. The summed E-state index contributed by atoms with van der Waals surface area (Å²) < 4.78 is 7.79. The number of fused-ring (bicyclic) bond motifs is 4. The maximum absolute atomic E-state index is 6.71. The van der Waals surface area contributed by atoms with Gasteiger partial charge in [-0.25, -0.2) is 5.01 Å². The van der Waals surface area contributed by atoms with Gasteiger partial charge in [-0.15, -0.1) is 0 Å². The normalized spacial score (nSPS) is 21.6. The van der Waals surface area contributed by atoms with Crippen LogP contribution in [0.15, 0.2) is 82.4 Å². The number of ether oxygens (including phenoxy) is 1. The van der Waals surface area contributed by atoms with Crippen LogP contribution in [0.4, 0.5) is 0 Å². The second-order valence-electron chi connectivity index (χ2n) is 9.09. The van der Waals surface area contributed by atoms with Crippen LogP contribution in [0, 0.1) is 0 Å². The molecule has 0 radical (unpaired) electrons. The minimum absolute atomic E-state index is 0.212. The lowest BCUT2D eigenvalue weighted by molar-refractivity contribution is -0.147. The zero-order chi connectivity index (χ0) is 21.7. The van der Waals surface area contributed by atoms with Gasteiger partial charge in [-0.1, -0.05) is 70.5 Å². The molecule has 3 aromatic carbocycles. The first-order valence-corrected chi connectivity index (χ1v) is 12.1. The number of hydrogen-bond acceptors (Lipinski definition) is 4. The highest BCUT2D eigenvalue weighted by molar-refractivity contribution is 9.10. The minimum atomic E-state index is -0.357. The fourth-order valence-corrected chi connectivity index (χ4v) is 5.59. The summed E-state index contributed by atoms with van der Waals surface area (Å²) in [7, 11) is 2.19. The van der Waals surface area contributed by atoms with Crippen molar-refractivity contribution in [2.75, 3.05) is 20.1 Å². The van der Waals surface area contributed by atoms with Crippen molar-refractivity contribution < 1.29 is 4.74 Å². The number of hydrazone groups is 1. The highest BCUT2D eigenvalue weighted by Crippen LogP contribution is 2.50. The van der Waals surface area contributed by atoms with Crippen LogP contribution < -0.4 is 4.74 Å². The van der Waals surface area contributed by atoms with Gasteiger partial charge in [0.05, 0.1) is 11.8 Å². The molecule has 1 fully saturated rings. The van der Waals surface area contributed by atoms with Crippen molar-refractivity contribution >= 4 is 21.6 Å². The molecule has 1 saturated heterocycles. The van der Waals surface area contributed by atoms with Gasteiger partial charge in [-0.05, 0) is 41.9 Å². The molecule has 0 N–H and O–H groups in total. The molecule has 1 atom stereocenters. The van der Waals surface area contributed by atoms with Gasteiger partial charge in [0.1, 0.15) is 5.75 Å². The molecule has 162 valence electrons. The third-order valence-corrected chi connectivity index (χ3v) is 7.55. The van der Waals surface area contributed by atoms with Crippen molar-refractivity contribution in [3.8, 4) is 16.9 Å². The van der Waals surface area contributed by atoms with E-state index in [1.54, 1.807) is 0 Å². The van der Waals surface area contributed by atoms with E-state index in [0.29, 0.717) is 0 Å². The molecule has 5 heteroatoms. The van der Waals surface area contributed by atoms with Gasteiger partial charge in [-0.3, -0.25) is 0 Å². The van der Waals surface area contributed by atoms with E-state index < -0.39 is 0 Å². The predicted octanol–water partition coefficient (Wildman–Crippen LogP) is 6.08. The Labute approximate surface area is 197 Å². The number of piperidine rings is 1. The standard InChI is InChI=1S/C27H26BrN3O/c1-30-15-13-27(14-16-30)31-25(23-17-22(28)11-12-26(23)32-27)18-24(29-31)21-9-7-20(8-10-21)19-5-3-2-4-6-19/h2-12,17,25H,13-16,18H2,1H3. The van der Waals surface area contributed by atoms with E-state index in [-0.39, 0.29) is 11.8 Å². The van der Waals surface area contributed by atoms with Gasteiger partial charge in [-0.2, -0.15) is 5.10 Å². The Morgan fingerprint density at radius 2 is 1.59 bits per heavy atom. The molecule has 0 aromatic heterocycles. The van der Waals surface area contributed by atoms with Crippen molar-refractivity contribution in [3.63, 3.8) is 0 Å². The highest BCUT2D eigenvalue weighted by atomic mass is 79.9. The SMILES string of the molecule is CN1CCC2(CC1)Oc1ccc(Br)cc1C1CC(c3ccc(-c4ccccc4)cc3)=NN12. The molecule has 0 saturated carbocycles. The van der Waals surface area contributed by atoms with Crippen LogP contribution >= 0.6 is 15.9 Å². The highest BCUT2D eigenvalue weighted by Gasteiger charge is 2.51. The molecule has 6 rings (SSSR count). The van der Waals surface area contributed by atoms with E-state index >= 15 is 0 Å². The molecule has 3 aliphatic heterocycles. The first-order chi connectivity index (χ1) is 15.6. The molecule has 3 aliphatic rings.